The second-order valence-electron chi connectivity index (χ2n) is 5.26. The summed E-state index contributed by atoms with van der Waals surface area (Å²) < 4.78 is 39.7. The van der Waals surface area contributed by atoms with Gasteiger partial charge in [-0.15, -0.1) is 0 Å². The molecule has 1 aromatic carbocycles. The summed E-state index contributed by atoms with van der Waals surface area (Å²) in [6, 6.07) is 3.34. The number of rotatable bonds is 5. The molecule has 1 aliphatic rings. The molecular weight excluding hydrogens is 325 g/mol. The SMILES string of the molecule is Cc1cc(F)ccc1S(=O)(=O)NCC(=O)N1CCN(C=O)CC1. The highest BCUT2D eigenvalue weighted by Gasteiger charge is 2.23. The molecule has 0 radical (unpaired) electrons. The van der Waals surface area contributed by atoms with Crippen LogP contribution in [0.3, 0.4) is 0 Å². The molecule has 2 rings (SSSR count). The van der Waals surface area contributed by atoms with Crippen LogP contribution in [0.5, 0.6) is 0 Å². The summed E-state index contributed by atoms with van der Waals surface area (Å²) in [5, 5.41) is 0. The van der Waals surface area contributed by atoms with Gasteiger partial charge < -0.3 is 9.80 Å². The van der Waals surface area contributed by atoms with Gasteiger partial charge in [0.15, 0.2) is 0 Å². The zero-order valence-corrected chi connectivity index (χ0v) is 13.5. The van der Waals surface area contributed by atoms with Crippen LogP contribution in [0, 0.1) is 12.7 Å². The number of nitrogens with one attached hydrogen (secondary N) is 1. The lowest BCUT2D eigenvalue weighted by molar-refractivity contribution is -0.134. The summed E-state index contributed by atoms with van der Waals surface area (Å²) in [5.41, 5.74) is 0.268. The summed E-state index contributed by atoms with van der Waals surface area (Å²) in [5.74, 6) is -0.885. The molecule has 2 amide bonds. The highest BCUT2D eigenvalue weighted by molar-refractivity contribution is 7.89. The molecule has 23 heavy (non-hydrogen) atoms. The van der Waals surface area contributed by atoms with Crippen molar-refractivity contribution >= 4 is 22.3 Å². The lowest BCUT2D eigenvalue weighted by atomic mass is 10.2. The lowest BCUT2D eigenvalue weighted by Crippen LogP contribution is -2.50. The van der Waals surface area contributed by atoms with Crippen molar-refractivity contribution in [3.05, 3.63) is 29.6 Å². The highest BCUT2D eigenvalue weighted by atomic mass is 32.2. The first-order valence-corrected chi connectivity index (χ1v) is 8.55. The number of sulfonamides is 1. The van der Waals surface area contributed by atoms with Crippen molar-refractivity contribution in [3.8, 4) is 0 Å². The maximum absolute atomic E-state index is 13.0. The second-order valence-corrected chi connectivity index (χ2v) is 6.99. The lowest BCUT2D eigenvalue weighted by Gasteiger charge is -2.32. The molecule has 7 nitrogen and oxygen atoms in total. The van der Waals surface area contributed by atoms with E-state index < -0.39 is 15.8 Å². The van der Waals surface area contributed by atoms with Gasteiger partial charge in [0.25, 0.3) is 0 Å². The molecule has 0 atom stereocenters. The van der Waals surface area contributed by atoms with Gasteiger partial charge in [0.05, 0.1) is 11.4 Å². The molecule has 0 unspecified atom stereocenters. The summed E-state index contributed by atoms with van der Waals surface area (Å²) >= 11 is 0. The minimum atomic E-state index is -3.89. The van der Waals surface area contributed by atoms with Crippen LogP contribution in [0.2, 0.25) is 0 Å². The maximum atomic E-state index is 13.0. The molecule has 0 saturated carbocycles. The van der Waals surface area contributed by atoms with E-state index in [0.29, 0.717) is 26.2 Å². The van der Waals surface area contributed by atoms with Crippen LogP contribution in [0.1, 0.15) is 5.56 Å². The Bertz CT molecular complexity index is 700. The highest BCUT2D eigenvalue weighted by Crippen LogP contribution is 2.15. The van der Waals surface area contributed by atoms with E-state index in [1.54, 1.807) is 4.90 Å². The molecular formula is C14H18FN3O4S. The smallest absolute Gasteiger partial charge is 0.241 e. The van der Waals surface area contributed by atoms with Gasteiger partial charge >= 0.3 is 0 Å². The molecule has 126 valence electrons. The Morgan fingerprint density at radius 2 is 1.96 bits per heavy atom. The number of hydrogen-bond donors (Lipinski definition) is 1. The Labute approximate surface area is 134 Å². The number of aryl methyl sites for hydroxylation is 1. The van der Waals surface area contributed by atoms with Crippen molar-refractivity contribution in [3.63, 3.8) is 0 Å². The average molecular weight is 343 g/mol. The van der Waals surface area contributed by atoms with E-state index in [1.807, 2.05) is 0 Å². The summed E-state index contributed by atoms with van der Waals surface area (Å²) in [6.45, 7) is 2.71. The van der Waals surface area contributed by atoms with Crippen LogP contribution in [-0.4, -0.2) is 63.3 Å². The number of carbonyl (C=O) groups is 2. The molecule has 0 spiro atoms. The molecule has 1 fully saturated rings. The summed E-state index contributed by atoms with van der Waals surface area (Å²) in [7, 11) is -3.89. The number of amides is 2. The Kier molecular flexibility index (Phi) is 5.32. The minimum absolute atomic E-state index is 0.0579. The largest absolute Gasteiger partial charge is 0.342 e. The van der Waals surface area contributed by atoms with Crippen molar-refractivity contribution < 1.29 is 22.4 Å². The fraction of sp³-hybridized carbons (Fsp3) is 0.429. The fourth-order valence-corrected chi connectivity index (χ4v) is 3.54. The van der Waals surface area contributed by atoms with E-state index in [4.69, 9.17) is 0 Å². The molecule has 0 aromatic heterocycles. The van der Waals surface area contributed by atoms with Crippen LogP contribution >= 0.6 is 0 Å². The van der Waals surface area contributed by atoms with E-state index >= 15 is 0 Å². The number of halogens is 1. The van der Waals surface area contributed by atoms with Crippen molar-refractivity contribution in [2.24, 2.45) is 0 Å². The predicted molar refractivity (Wildman–Crippen MR) is 80.5 cm³/mol. The van der Waals surface area contributed by atoms with Crippen LogP contribution in [0.25, 0.3) is 0 Å². The minimum Gasteiger partial charge on any atom is -0.342 e. The van der Waals surface area contributed by atoms with E-state index in [1.165, 1.54) is 17.9 Å². The topological polar surface area (TPSA) is 86.8 Å². The van der Waals surface area contributed by atoms with Gasteiger partial charge in [0, 0.05) is 26.2 Å². The van der Waals surface area contributed by atoms with Crippen molar-refractivity contribution in [2.45, 2.75) is 11.8 Å². The van der Waals surface area contributed by atoms with Gasteiger partial charge in [-0.2, -0.15) is 0 Å². The van der Waals surface area contributed by atoms with Crippen LogP contribution in [-0.2, 0) is 19.6 Å². The van der Waals surface area contributed by atoms with E-state index in [9.17, 15) is 22.4 Å². The number of carbonyl (C=O) groups excluding carboxylic acids is 2. The Morgan fingerprint density at radius 1 is 1.30 bits per heavy atom. The van der Waals surface area contributed by atoms with Crippen LogP contribution in [0.15, 0.2) is 23.1 Å². The normalized spacial score (nSPS) is 15.6. The second kappa shape index (κ2) is 7.05. The standard InChI is InChI=1S/C14H18FN3O4S/c1-11-8-12(15)2-3-13(11)23(21,22)16-9-14(20)18-6-4-17(10-19)5-7-18/h2-3,8,10,16H,4-7,9H2,1H3. The van der Waals surface area contributed by atoms with E-state index in [2.05, 4.69) is 4.72 Å². The maximum Gasteiger partial charge on any atom is 0.241 e. The van der Waals surface area contributed by atoms with Crippen LogP contribution < -0.4 is 4.72 Å². The number of nitrogens with zero attached hydrogens (tertiary/aromatic N) is 2. The zero-order chi connectivity index (χ0) is 17.0. The summed E-state index contributed by atoms with van der Waals surface area (Å²) in [6.07, 6.45) is 0.724. The Hall–Kier alpha value is -2.00. The number of benzene rings is 1. The van der Waals surface area contributed by atoms with Gasteiger partial charge in [-0.25, -0.2) is 17.5 Å². The van der Waals surface area contributed by atoms with Crippen LogP contribution in [0.4, 0.5) is 4.39 Å². The van der Waals surface area contributed by atoms with Gasteiger partial charge in [0.1, 0.15) is 5.82 Å². The van der Waals surface area contributed by atoms with Gasteiger partial charge in [-0.05, 0) is 30.7 Å². The molecule has 1 saturated heterocycles. The van der Waals surface area contributed by atoms with E-state index in [0.717, 1.165) is 18.5 Å². The van der Waals surface area contributed by atoms with Crippen molar-refractivity contribution in [1.29, 1.82) is 0 Å². The third-order valence-electron chi connectivity index (χ3n) is 3.66. The quantitative estimate of drug-likeness (QED) is 0.745. The monoisotopic (exact) mass is 343 g/mol. The van der Waals surface area contributed by atoms with Crippen molar-refractivity contribution in [2.75, 3.05) is 32.7 Å². The van der Waals surface area contributed by atoms with Gasteiger partial charge in [-0.1, -0.05) is 0 Å². The Morgan fingerprint density at radius 3 is 2.52 bits per heavy atom. The number of piperazine rings is 1. The molecule has 9 heteroatoms. The molecule has 1 aliphatic heterocycles. The predicted octanol–water partition coefficient (Wildman–Crippen LogP) is -0.287. The average Bonchev–Trinajstić information content (AvgIpc) is 2.52. The molecule has 1 N–H and O–H groups in total. The Balaban J connectivity index is 1.96. The third kappa shape index (κ3) is 4.26. The molecule has 0 bridgehead atoms. The fourth-order valence-electron chi connectivity index (χ4n) is 2.34. The first-order chi connectivity index (χ1) is 10.8. The van der Waals surface area contributed by atoms with Gasteiger partial charge in [0.2, 0.25) is 22.3 Å². The molecule has 0 aliphatic carbocycles. The molecule has 1 heterocycles. The summed E-state index contributed by atoms with van der Waals surface area (Å²) in [4.78, 5) is 25.6. The van der Waals surface area contributed by atoms with Crippen molar-refractivity contribution in [1.82, 2.24) is 14.5 Å². The third-order valence-corrected chi connectivity index (χ3v) is 5.22. The zero-order valence-electron chi connectivity index (χ0n) is 12.7. The first kappa shape index (κ1) is 17.4. The number of hydrogen-bond acceptors (Lipinski definition) is 4. The first-order valence-electron chi connectivity index (χ1n) is 7.06. The van der Waals surface area contributed by atoms with Gasteiger partial charge in [-0.3, -0.25) is 9.59 Å². The van der Waals surface area contributed by atoms with E-state index in [-0.39, 0.29) is 22.9 Å². The molecule has 1 aromatic rings.